The molecule has 5 aromatic rings. The van der Waals surface area contributed by atoms with E-state index in [1.165, 1.54) is 6.21 Å². The van der Waals surface area contributed by atoms with Crippen molar-refractivity contribution in [3.8, 4) is 17.2 Å². The van der Waals surface area contributed by atoms with Crippen LogP contribution in [0.4, 0.5) is 0 Å². The molecule has 0 aliphatic carbocycles. The number of ether oxygens (including phenoxy) is 3. The third kappa shape index (κ3) is 7.26. The average Bonchev–Trinajstić information content (AvgIpc) is 2.99. The largest absolute Gasteiger partial charge is 0.446 e. The van der Waals surface area contributed by atoms with E-state index >= 15 is 0 Å². The SMILES string of the molecule is Cc1cccc(C(=O)Oc2ccc3ccccc3c2/C=N/NC(=O)C(Oc2ccc(Cl)cc2)Oc2ccc(Cl)cc2)c1. The smallest absolute Gasteiger partial charge is 0.343 e. The summed E-state index contributed by atoms with van der Waals surface area (Å²) in [7, 11) is 0. The van der Waals surface area contributed by atoms with Crippen molar-refractivity contribution in [1.29, 1.82) is 0 Å². The molecule has 7 nitrogen and oxygen atoms in total. The van der Waals surface area contributed by atoms with Crippen LogP contribution in [0, 0.1) is 6.92 Å². The molecule has 5 rings (SSSR count). The summed E-state index contributed by atoms with van der Waals surface area (Å²) in [5.41, 5.74) is 4.32. The van der Waals surface area contributed by atoms with Gasteiger partial charge in [-0.25, -0.2) is 10.2 Å². The number of benzene rings is 5. The maximum absolute atomic E-state index is 13.2. The van der Waals surface area contributed by atoms with Gasteiger partial charge in [-0.1, -0.05) is 71.2 Å². The minimum atomic E-state index is -1.41. The maximum atomic E-state index is 13.2. The van der Waals surface area contributed by atoms with E-state index in [0.29, 0.717) is 32.7 Å². The second-order valence-electron chi connectivity index (χ2n) is 9.17. The fourth-order valence-corrected chi connectivity index (χ4v) is 4.30. The zero-order valence-electron chi connectivity index (χ0n) is 22.3. The van der Waals surface area contributed by atoms with Crippen LogP contribution < -0.4 is 19.6 Å². The molecule has 0 fully saturated rings. The predicted octanol–water partition coefficient (Wildman–Crippen LogP) is 7.61. The minimum absolute atomic E-state index is 0.282. The second kappa shape index (κ2) is 13.2. The molecule has 210 valence electrons. The van der Waals surface area contributed by atoms with Crippen molar-refractivity contribution in [3.05, 3.63) is 136 Å². The van der Waals surface area contributed by atoms with Gasteiger partial charge in [-0.15, -0.1) is 0 Å². The first-order valence-electron chi connectivity index (χ1n) is 12.8. The van der Waals surface area contributed by atoms with Crippen LogP contribution in [0.2, 0.25) is 10.0 Å². The summed E-state index contributed by atoms with van der Waals surface area (Å²) in [6, 6.07) is 31.2. The van der Waals surface area contributed by atoms with Crippen LogP contribution in [-0.4, -0.2) is 24.4 Å². The Morgan fingerprint density at radius 1 is 0.786 bits per heavy atom. The number of esters is 1. The van der Waals surface area contributed by atoms with Gasteiger partial charge in [0.05, 0.1) is 11.8 Å². The normalized spacial score (nSPS) is 11.0. The number of carbonyl (C=O) groups excluding carboxylic acids is 2. The highest BCUT2D eigenvalue weighted by Gasteiger charge is 2.23. The number of aryl methyl sites for hydroxylation is 1. The zero-order chi connectivity index (χ0) is 29.5. The molecule has 1 amide bonds. The highest BCUT2D eigenvalue weighted by Crippen LogP contribution is 2.28. The third-order valence-electron chi connectivity index (χ3n) is 6.08. The first-order valence-corrected chi connectivity index (χ1v) is 13.6. The first kappa shape index (κ1) is 28.7. The van der Waals surface area contributed by atoms with Gasteiger partial charge in [0.25, 0.3) is 0 Å². The molecule has 0 saturated carbocycles. The number of amides is 1. The van der Waals surface area contributed by atoms with E-state index in [1.807, 2.05) is 43.3 Å². The van der Waals surface area contributed by atoms with E-state index in [2.05, 4.69) is 10.5 Å². The molecule has 1 N–H and O–H groups in total. The Morgan fingerprint density at radius 2 is 1.43 bits per heavy atom. The van der Waals surface area contributed by atoms with E-state index in [1.54, 1.807) is 72.8 Å². The lowest BCUT2D eigenvalue weighted by Gasteiger charge is -2.19. The Hall–Kier alpha value is -4.85. The number of nitrogens with zero attached hydrogens (tertiary/aromatic N) is 1. The molecule has 0 aliphatic rings. The Labute approximate surface area is 252 Å². The molecule has 5 aromatic carbocycles. The van der Waals surface area contributed by atoms with Gasteiger partial charge >= 0.3 is 18.2 Å². The molecular weight excluding hydrogens is 575 g/mol. The highest BCUT2D eigenvalue weighted by molar-refractivity contribution is 6.30. The van der Waals surface area contributed by atoms with Crippen LogP contribution >= 0.6 is 23.2 Å². The van der Waals surface area contributed by atoms with Crippen molar-refractivity contribution >= 4 is 52.1 Å². The molecule has 0 aliphatic heterocycles. The predicted molar refractivity (Wildman–Crippen MR) is 164 cm³/mol. The van der Waals surface area contributed by atoms with Gasteiger partial charge in [0.15, 0.2) is 0 Å². The number of hydrazone groups is 1. The summed E-state index contributed by atoms with van der Waals surface area (Å²) in [6.07, 6.45) is 0.0106. The molecule has 0 aromatic heterocycles. The molecule has 42 heavy (non-hydrogen) atoms. The van der Waals surface area contributed by atoms with Crippen LogP contribution in [0.15, 0.2) is 114 Å². The van der Waals surface area contributed by atoms with E-state index < -0.39 is 18.2 Å². The minimum Gasteiger partial charge on any atom is -0.446 e. The second-order valence-corrected chi connectivity index (χ2v) is 10.0. The third-order valence-corrected chi connectivity index (χ3v) is 6.59. The monoisotopic (exact) mass is 598 g/mol. The van der Waals surface area contributed by atoms with Crippen molar-refractivity contribution in [2.75, 3.05) is 0 Å². The molecule has 0 atom stereocenters. The van der Waals surface area contributed by atoms with Gasteiger partial charge < -0.3 is 14.2 Å². The lowest BCUT2D eigenvalue weighted by Crippen LogP contribution is -2.40. The molecule has 0 saturated heterocycles. The first-order chi connectivity index (χ1) is 20.4. The molecule has 0 spiro atoms. The van der Waals surface area contributed by atoms with E-state index in [-0.39, 0.29) is 5.75 Å². The van der Waals surface area contributed by atoms with Gasteiger partial charge in [0, 0.05) is 15.6 Å². The fraction of sp³-hybridized carbons (Fsp3) is 0.0606. The summed E-state index contributed by atoms with van der Waals surface area (Å²) < 4.78 is 17.4. The number of hydrogen-bond acceptors (Lipinski definition) is 6. The topological polar surface area (TPSA) is 86.2 Å². The molecule has 0 heterocycles. The maximum Gasteiger partial charge on any atom is 0.343 e. The van der Waals surface area contributed by atoms with E-state index in [0.717, 1.165) is 16.3 Å². The van der Waals surface area contributed by atoms with Crippen LogP contribution in [0.25, 0.3) is 10.8 Å². The number of carbonyl (C=O) groups is 2. The number of hydrogen-bond donors (Lipinski definition) is 1. The van der Waals surface area contributed by atoms with Gasteiger partial charge in [-0.2, -0.15) is 5.10 Å². The van der Waals surface area contributed by atoms with E-state index in [9.17, 15) is 9.59 Å². The van der Waals surface area contributed by atoms with Crippen molar-refractivity contribution in [3.63, 3.8) is 0 Å². The van der Waals surface area contributed by atoms with Gasteiger partial charge in [0.1, 0.15) is 17.2 Å². The van der Waals surface area contributed by atoms with Crippen LogP contribution in [0.3, 0.4) is 0 Å². The van der Waals surface area contributed by atoms with Gasteiger partial charge in [-0.3, -0.25) is 4.79 Å². The summed E-state index contributed by atoms with van der Waals surface area (Å²) >= 11 is 12.0. The number of halogens is 2. The molecular formula is C33H24Cl2N2O5. The summed E-state index contributed by atoms with van der Waals surface area (Å²) in [6.45, 7) is 1.90. The summed E-state index contributed by atoms with van der Waals surface area (Å²) in [4.78, 5) is 26.1. The summed E-state index contributed by atoms with van der Waals surface area (Å²) in [5.74, 6) is -0.200. The Balaban J connectivity index is 1.39. The Bertz CT molecular complexity index is 1710. The fourth-order valence-electron chi connectivity index (χ4n) is 4.05. The van der Waals surface area contributed by atoms with Gasteiger partial charge in [0.2, 0.25) is 0 Å². The molecule has 0 radical (unpaired) electrons. The molecule has 0 unspecified atom stereocenters. The highest BCUT2D eigenvalue weighted by atomic mass is 35.5. The molecule has 9 heteroatoms. The lowest BCUT2D eigenvalue weighted by molar-refractivity contribution is -0.140. The van der Waals surface area contributed by atoms with Crippen molar-refractivity contribution in [1.82, 2.24) is 5.43 Å². The summed E-state index contributed by atoms with van der Waals surface area (Å²) in [5, 5.41) is 6.86. The quantitative estimate of drug-likeness (QED) is 0.0620. The van der Waals surface area contributed by atoms with Crippen molar-refractivity contribution in [2.24, 2.45) is 5.10 Å². The van der Waals surface area contributed by atoms with E-state index in [4.69, 9.17) is 37.4 Å². The standard InChI is InChI=1S/C33H24Cl2N2O5/c1-21-5-4-7-23(19-21)32(39)42-30-18-9-22-6-2-3-8-28(22)29(30)20-36-37-31(38)33(40-26-14-10-24(34)11-15-26)41-27-16-12-25(35)13-17-27/h2-20,33H,1H3,(H,37,38)/b36-20+. The van der Waals surface area contributed by atoms with Crippen LogP contribution in [0.1, 0.15) is 21.5 Å². The Morgan fingerprint density at radius 3 is 2.07 bits per heavy atom. The Kier molecular flexibility index (Phi) is 9.02. The zero-order valence-corrected chi connectivity index (χ0v) is 23.8. The van der Waals surface area contributed by atoms with Crippen molar-refractivity contribution in [2.45, 2.75) is 13.2 Å². The average molecular weight is 599 g/mol. The van der Waals surface area contributed by atoms with Crippen LogP contribution in [-0.2, 0) is 4.79 Å². The van der Waals surface area contributed by atoms with Crippen molar-refractivity contribution < 1.29 is 23.8 Å². The number of rotatable bonds is 9. The van der Waals surface area contributed by atoms with Gasteiger partial charge in [-0.05, 0) is 84.4 Å². The number of fused-ring (bicyclic) bond motifs is 1. The lowest BCUT2D eigenvalue weighted by atomic mass is 10.0. The molecule has 0 bridgehead atoms. The number of nitrogens with one attached hydrogen (secondary N) is 1. The van der Waals surface area contributed by atoms with Crippen LogP contribution in [0.5, 0.6) is 17.2 Å².